The molecule has 0 aliphatic heterocycles. The summed E-state index contributed by atoms with van der Waals surface area (Å²) in [5.41, 5.74) is 5.36. The molecule has 4 nitrogen and oxygen atoms in total. The van der Waals surface area contributed by atoms with Crippen LogP contribution in [0.25, 0.3) is 0 Å². The van der Waals surface area contributed by atoms with Crippen molar-refractivity contribution >= 4 is 17.4 Å². The van der Waals surface area contributed by atoms with Gasteiger partial charge in [-0.2, -0.15) is 0 Å². The molecule has 2 rings (SSSR count). The van der Waals surface area contributed by atoms with Crippen molar-refractivity contribution < 1.29 is 5.11 Å². The highest BCUT2D eigenvalue weighted by molar-refractivity contribution is 7.98. The van der Waals surface area contributed by atoms with Gasteiger partial charge >= 0.3 is 0 Å². The van der Waals surface area contributed by atoms with E-state index in [1.54, 1.807) is 18.0 Å². The van der Waals surface area contributed by atoms with Gasteiger partial charge in [-0.3, -0.25) is 10.8 Å². The normalized spacial score (nSPS) is 10.3. The van der Waals surface area contributed by atoms with Crippen molar-refractivity contribution in [1.29, 1.82) is 0 Å². The highest BCUT2D eigenvalue weighted by Gasteiger charge is 1.99. The Hall–Kier alpha value is -1.56. The van der Waals surface area contributed by atoms with Crippen LogP contribution in [-0.4, -0.2) is 10.1 Å². The van der Waals surface area contributed by atoms with Gasteiger partial charge in [-0.25, -0.2) is 0 Å². The number of hydrazine groups is 1. The molecule has 5 heteroatoms. The Morgan fingerprint density at radius 3 is 2.67 bits per heavy atom. The van der Waals surface area contributed by atoms with Crippen LogP contribution in [0.2, 0.25) is 0 Å². The van der Waals surface area contributed by atoms with E-state index in [1.807, 2.05) is 36.4 Å². The number of hydrogen-bond acceptors (Lipinski definition) is 5. The van der Waals surface area contributed by atoms with Crippen LogP contribution in [0.5, 0.6) is 0 Å². The van der Waals surface area contributed by atoms with Crippen molar-refractivity contribution in [3.05, 3.63) is 53.9 Å². The van der Waals surface area contributed by atoms with E-state index in [2.05, 4.69) is 10.4 Å². The van der Waals surface area contributed by atoms with Crippen molar-refractivity contribution in [2.45, 2.75) is 17.3 Å². The van der Waals surface area contributed by atoms with Gasteiger partial charge in [0, 0.05) is 16.8 Å². The fourth-order valence-electron chi connectivity index (χ4n) is 1.50. The minimum atomic E-state index is 0.0801. The van der Waals surface area contributed by atoms with Gasteiger partial charge < -0.3 is 10.5 Å². The van der Waals surface area contributed by atoms with Crippen LogP contribution in [0.1, 0.15) is 11.3 Å². The number of anilines is 1. The Balaban J connectivity index is 1.97. The molecule has 0 aliphatic carbocycles. The molecule has 0 spiro atoms. The van der Waals surface area contributed by atoms with Crippen molar-refractivity contribution in [2.75, 3.05) is 5.43 Å². The molecular weight excluding hydrogens is 246 g/mol. The molecule has 4 N–H and O–H groups in total. The summed E-state index contributed by atoms with van der Waals surface area (Å²) in [6.07, 6.45) is 1.74. The van der Waals surface area contributed by atoms with Crippen molar-refractivity contribution in [3.63, 3.8) is 0 Å². The Morgan fingerprint density at radius 2 is 2.00 bits per heavy atom. The second-order valence-electron chi connectivity index (χ2n) is 3.77. The maximum absolute atomic E-state index is 8.96. The molecule has 0 unspecified atom stereocenters. The number of nitrogens with zero attached hydrogens (tertiary/aromatic N) is 1. The minimum absolute atomic E-state index is 0.0801. The van der Waals surface area contributed by atoms with Gasteiger partial charge in [-0.1, -0.05) is 12.1 Å². The van der Waals surface area contributed by atoms with E-state index in [4.69, 9.17) is 10.9 Å². The van der Waals surface area contributed by atoms with Crippen LogP contribution in [0.3, 0.4) is 0 Å². The fraction of sp³-hybridized carbons (Fsp3) is 0.154. The lowest BCUT2D eigenvalue weighted by atomic mass is 10.2. The summed E-state index contributed by atoms with van der Waals surface area (Å²) in [6, 6.07) is 11.6. The number of rotatable bonds is 5. The molecule has 0 saturated heterocycles. The molecule has 94 valence electrons. The minimum Gasteiger partial charge on any atom is -0.392 e. The van der Waals surface area contributed by atoms with E-state index in [0.29, 0.717) is 0 Å². The number of aliphatic hydroxyl groups is 1. The average Bonchev–Trinajstić information content (AvgIpc) is 2.46. The monoisotopic (exact) mass is 261 g/mol. The van der Waals surface area contributed by atoms with E-state index in [0.717, 1.165) is 27.6 Å². The average molecular weight is 261 g/mol. The molecule has 0 bridgehead atoms. The molecule has 0 radical (unpaired) electrons. The zero-order valence-corrected chi connectivity index (χ0v) is 10.7. The summed E-state index contributed by atoms with van der Waals surface area (Å²) < 4.78 is 0. The standard InChI is InChI=1S/C13H15N3OS/c14-16-11-5-6-15-12(7-11)9-18-13-3-1-10(8-17)2-4-13/h1-7,17H,8-9,14H2,(H,15,16). The SMILES string of the molecule is NNc1ccnc(CSc2ccc(CO)cc2)c1. The van der Waals surface area contributed by atoms with E-state index in [-0.39, 0.29) is 6.61 Å². The van der Waals surface area contributed by atoms with Crippen molar-refractivity contribution in [3.8, 4) is 0 Å². The highest BCUT2D eigenvalue weighted by Crippen LogP contribution is 2.23. The molecule has 1 heterocycles. The second kappa shape index (κ2) is 6.39. The van der Waals surface area contributed by atoms with E-state index < -0.39 is 0 Å². The number of nitrogens with one attached hydrogen (secondary N) is 1. The zero-order valence-electron chi connectivity index (χ0n) is 9.84. The maximum Gasteiger partial charge on any atom is 0.0681 e. The number of hydrogen-bond donors (Lipinski definition) is 3. The van der Waals surface area contributed by atoms with Gasteiger partial charge in [0.05, 0.1) is 18.0 Å². The number of thioether (sulfide) groups is 1. The Kier molecular flexibility index (Phi) is 4.58. The summed E-state index contributed by atoms with van der Waals surface area (Å²) in [4.78, 5) is 5.43. The quantitative estimate of drug-likeness (QED) is 0.437. The molecule has 18 heavy (non-hydrogen) atoms. The molecule has 2 aromatic rings. The van der Waals surface area contributed by atoms with Gasteiger partial charge in [0.25, 0.3) is 0 Å². The summed E-state index contributed by atoms with van der Waals surface area (Å²) in [5, 5.41) is 8.96. The largest absolute Gasteiger partial charge is 0.392 e. The predicted molar refractivity (Wildman–Crippen MR) is 74.0 cm³/mol. The smallest absolute Gasteiger partial charge is 0.0681 e. The van der Waals surface area contributed by atoms with Gasteiger partial charge in [-0.15, -0.1) is 11.8 Å². The molecular formula is C13H15N3OS. The summed E-state index contributed by atoms with van der Waals surface area (Å²) in [5.74, 6) is 6.14. The number of benzene rings is 1. The molecule has 0 amide bonds. The third-order valence-electron chi connectivity index (χ3n) is 2.48. The second-order valence-corrected chi connectivity index (χ2v) is 4.82. The number of pyridine rings is 1. The molecule has 1 aromatic carbocycles. The Morgan fingerprint density at radius 1 is 1.22 bits per heavy atom. The van der Waals surface area contributed by atoms with Crippen molar-refractivity contribution in [2.24, 2.45) is 5.84 Å². The fourth-order valence-corrected chi connectivity index (χ4v) is 2.30. The highest BCUT2D eigenvalue weighted by atomic mass is 32.2. The predicted octanol–water partition coefficient (Wildman–Crippen LogP) is 2.15. The van der Waals surface area contributed by atoms with Crippen LogP contribution >= 0.6 is 11.8 Å². The van der Waals surface area contributed by atoms with Gasteiger partial charge in [0.1, 0.15) is 0 Å². The summed E-state index contributed by atoms with van der Waals surface area (Å²) >= 11 is 1.70. The first-order valence-corrected chi connectivity index (χ1v) is 6.54. The van der Waals surface area contributed by atoms with E-state index >= 15 is 0 Å². The lowest BCUT2D eigenvalue weighted by Crippen LogP contribution is -2.07. The van der Waals surface area contributed by atoms with Gasteiger partial charge in [0.2, 0.25) is 0 Å². The summed E-state index contributed by atoms with van der Waals surface area (Å²) in [6.45, 7) is 0.0801. The molecule has 0 fully saturated rings. The number of aliphatic hydroxyl groups excluding tert-OH is 1. The number of nitrogen functional groups attached to an aromatic ring is 1. The van der Waals surface area contributed by atoms with E-state index in [9.17, 15) is 0 Å². The third-order valence-corrected chi connectivity index (χ3v) is 3.52. The lowest BCUT2D eigenvalue weighted by Gasteiger charge is -2.04. The molecule has 0 aliphatic rings. The molecule has 0 atom stereocenters. The van der Waals surface area contributed by atoms with Crippen LogP contribution in [0.4, 0.5) is 5.69 Å². The van der Waals surface area contributed by atoms with Crippen LogP contribution in [-0.2, 0) is 12.4 Å². The molecule has 1 aromatic heterocycles. The third kappa shape index (κ3) is 3.46. The lowest BCUT2D eigenvalue weighted by molar-refractivity contribution is 0.282. The maximum atomic E-state index is 8.96. The Labute approximate surface area is 110 Å². The Bertz CT molecular complexity index is 502. The topological polar surface area (TPSA) is 71.2 Å². The van der Waals surface area contributed by atoms with Crippen molar-refractivity contribution in [1.82, 2.24) is 4.98 Å². The first kappa shape index (κ1) is 12.9. The van der Waals surface area contributed by atoms with Crippen LogP contribution in [0.15, 0.2) is 47.5 Å². The van der Waals surface area contributed by atoms with E-state index in [1.165, 1.54) is 0 Å². The molecule has 0 saturated carbocycles. The number of aromatic nitrogens is 1. The van der Waals surface area contributed by atoms with Gasteiger partial charge in [-0.05, 0) is 29.8 Å². The van der Waals surface area contributed by atoms with Gasteiger partial charge in [0.15, 0.2) is 0 Å². The first-order valence-electron chi connectivity index (χ1n) is 5.56. The summed E-state index contributed by atoms with van der Waals surface area (Å²) in [7, 11) is 0. The first-order chi connectivity index (χ1) is 8.81. The zero-order chi connectivity index (χ0) is 12.8. The van der Waals surface area contributed by atoms with Crippen LogP contribution < -0.4 is 11.3 Å². The number of nitrogens with two attached hydrogens (primary N) is 1. The van der Waals surface area contributed by atoms with Crippen LogP contribution in [0, 0.1) is 0 Å².